The molecule has 0 aromatic rings. The van der Waals surface area contributed by atoms with Crippen LogP contribution in [0.4, 0.5) is 0 Å². The first-order valence-corrected chi connectivity index (χ1v) is 6.57. The Labute approximate surface area is 98.6 Å². The van der Waals surface area contributed by atoms with Crippen molar-refractivity contribution in [2.24, 2.45) is 5.73 Å². The second kappa shape index (κ2) is 7.39. The number of nitrogens with two attached hydrogens (primary N) is 1. The molecule has 9 heteroatoms. The van der Waals surface area contributed by atoms with Crippen molar-refractivity contribution in [2.75, 3.05) is 6.16 Å². The van der Waals surface area contributed by atoms with Crippen molar-refractivity contribution in [1.29, 1.82) is 0 Å². The Hall–Kier alpha value is -0.950. The molecule has 17 heavy (non-hydrogen) atoms. The molecule has 0 spiro atoms. The minimum atomic E-state index is -3.95. The highest BCUT2D eigenvalue weighted by atomic mass is 31.2. The number of aliphatic carboxylic acids is 2. The number of carboxylic acid groups (broad SMARTS) is 2. The first-order chi connectivity index (χ1) is 7.47. The van der Waals surface area contributed by atoms with Gasteiger partial charge in [0, 0.05) is 5.54 Å². The predicted molar refractivity (Wildman–Crippen MR) is 59.7 cm³/mol. The van der Waals surface area contributed by atoms with Gasteiger partial charge in [-0.25, -0.2) is 9.59 Å². The van der Waals surface area contributed by atoms with Crippen molar-refractivity contribution < 1.29 is 34.2 Å². The molecule has 0 saturated carbocycles. The number of rotatable bonds is 4. The van der Waals surface area contributed by atoms with Crippen LogP contribution in [0.15, 0.2) is 0 Å². The van der Waals surface area contributed by atoms with E-state index >= 15 is 0 Å². The van der Waals surface area contributed by atoms with Crippen molar-refractivity contribution in [1.82, 2.24) is 0 Å². The van der Waals surface area contributed by atoms with Gasteiger partial charge in [0.1, 0.15) is 0 Å². The third-order valence-corrected chi connectivity index (χ3v) is 3.15. The van der Waals surface area contributed by atoms with Gasteiger partial charge >= 0.3 is 19.5 Å². The van der Waals surface area contributed by atoms with Gasteiger partial charge in [0.15, 0.2) is 0 Å². The van der Waals surface area contributed by atoms with E-state index in [4.69, 9.17) is 35.3 Å². The Morgan fingerprint density at radius 2 is 1.41 bits per heavy atom. The average molecular weight is 271 g/mol. The molecule has 0 aliphatic rings. The summed E-state index contributed by atoms with van der Waals surface area (Å²) in [6.45, 7) is 3.66. The van der Waals surface area contributed by atoms with Gasteiger partial charge in [-0.15, -0.1) is 0 Å². The van der Waals surface area contributed by atoms with Crippen molar-refractivity contribution >= 4 is 19.5 Å². The molecule has 8 nitrogen and oxygen atoms in total. The van der Waals surface area contributed by atoms with Gasteiger partial charge in [0.05, 0.1) is 6.16 Å². The van der Waals surface area contributed by atoms with Crippen LogP contribution in [0.1, 0.15) is 26.7 Å². The molecule has 0 fully saturated rings. The number of hydrogen-bond donors (Lipinski definition) is 5. The smallest absolute Gasteiger partial charge is 0.414 e. The molecule has 6 N–H and O–H groups in total. The summed E-state index contributed by atoms with van der Waals surface area (Å²) in [5.74, 6) is -3.65. The van der Waals surface area contributed by atoms with Crippen LogP contribution in [-0.2, 0) is 14.2 Å². The van der Waals surface area contributed by atoms with Gasteiger partial charge in [-0.05, 0) is 12.8 Å². The SMILES string of the molecule is CCC(N)(CC)CP(=O)(O)O.O=C(O)C(=O)O. The second-order valence-corrected chi connectivity index (χ2v) is 5.15. The van der Waals surface area contributed by atoms with Crippen molar-refractivity contribution in [3.63, 3.8) is 0 Å². The Kier molecular flexibility index (Phi) is 8.01. The molecular formula is C8H18NO7P. The van der Waals surface area contributed by atoms with Crippen LogP contribution in [0.5, 0.6) is 0 Å². The van der Waals surface area contributed by atoms with E-state index in [0.717, 1.165) is 0 Å². The van der Waals surface area contributed by atoms with E-state index in [0.29, 0.717) is 12.8 Å². The maximum absolute atomic E-state index is 10.6. The molecule has 0 amide bonds. The lowest BCUT2D eigenvalue weighted by Crippen LogP contribution is -2.42. The third kappa shape index (κ3) is 11.3. The third-order valence-electron chi connectivity index (χ3n) is 2.11. The second-order valence-electron chi connectivity index (χ2n) is 3.50. The summed E-state index contributed by atoms with van der Waals surface area (Å²) in [5.41, 5.74) is 5.00. The zero-order valence-electron chi connectivity index (χ0n) is 9.66. The van der Waals surface area contributed by atoms with E-state index in [-0.39, 0.29) is 6.16 Å². The molecule has 102 valence electrons. The van der Waals surface area contributed by atoms with Crippen molar-refractivity contribution in [3.8, 4) is 0 Å². The summed E-state index contributed by atoms with van der Waals surface area (Å²) in [4.78, 5) is 35.5. The van der Waals surface area contributed by atoms with E-state index in [2.05, 4.69) is 0 Å². The molecule has 0 heterocycles. The molecule has 0 bridgehead atoms. The summed E-state index contributed by atoms with van der Waals surface area (Å²) in [5, 5.41) is 14.8. The maximum atomic E-state index is 10.6. The highest BCUT2D eigenvalue weighted by molar-refractivity contribution is 7.51. The Balaban J connectivity index is 0. The van der Waals surface area contributed by atoms with E-state index in [1.54, 1.807) is 0 Å². The zero-order chi connectivity index (χ0) is 14.3. The molecule has 0 unspecified atom stereocenters. The Bertz CT molecular complexity index is 295. The molecule has 0 atom stereocenters. The average Bonchev–Trinajstić information content (AvgIpc) is 2.16. The summed E-state index contributed by atoms with van der Waals surface area (Å²) in [6.07, 6.45) is 0.968. The maximum Gasteiger partial charge on any atom is 0.414 e. The lowest BCUT2D eigenvalue weighted by Gasteiger charge is -2.26. The lowest BCUT2D eigenvalue weighted by atomic mass is 9.97. The minimum Gasteiger partial charge on any atom is -0.473 e. The largest absolute Gasteiger partial charge is 0.473 e. The standard InChI is InChI=1S/C6H16NO3P.C2H2O4/c1-3-6(7,4-2)5-11(8,9)10;3-1(4)2(5)6/h3-5,7H2,1-2H3,(H2,8,9,10);(H,3,4)(H,5,6). The normalized spacial score (nSPS) is 11.4. The molecule has 0 radical (unpaired) electrons. The highest BCUT2D eigenvalue weighted by Gasteiger charge is 2.29. The molecule has 0 aromatic carbocycles. The Morgan fingerprint density at radius 1 is 1.12 bits per heavy atom. The number of carbonyl (C=O) groups is 2. The van der Waals surface area contributed by atoms with Crippen molar-refractivity contribution in [3.05, 3.63) is 0 Å². The van der Waals surface area contributed by atoms with Crippen LogP contribution in [0.25, 0.3) is 0 Å². The summed E-state index contributed by atoms with van der Waals surface area (Å²) >= 11 is 0. The fourth-order valence-corrected chi connectivity index (χ4v) is 2.15. The van der Waals surface area contributed by atoms with Crippen LogP contribution in [0.3, 0.4) is 0 Å². The van der Waals surface area contributed by atoms with Gasteiger partial charge in [-0.1, -0.05) is 13.8 Å². The van der Waals surface area contributed by atoms with Gasteiger partial charge in [-0.2, -0.15) is 0 Å². The summed E-state index contributed by atoms with van der Waals surface area (Å²) in [6, 6.07) is 0. The lowest BCUT2D eigenvalue weighted by molar-refractivity contribution is -0.159. The number of carboxylic acids is 2. The topological polar surface area (TPSA) is 158 Å². The fourth-order valence-electron chi connectivity index (χ4n) is 0.884. The van der Waals surface area contributed by atoms with Gasteiger partial charge < -0.3 is 25.7 Å². The van der Waals surface area contributed by atoms with E-state index in [1.807, 2.05) is 13.8 Å². The molecule has 0 saturated heterocycles. The molecule has 0 aliphatic carbocycles. The summed E-state index contributed by atoms with van der Waals surface area (Å²) < 4.78 is 10.6. The quantitative estimate of drug-likeness (QED) is 0.348. The van der Waals surface area contributed by atoms with Crippen molar-refractivity contribution in [2.45, 2.75) is 32.2 Å². The van der Waals surface area contributed by atoms with Crippen LogP contribution in [0, 0.1) is 0 Å². The molecule has 0 aromatic heterocycles. The molecular weight excluding hydrogens is 253 g/mol. The predicted octanol–water partition coefficient (Wildman–Crippen LogP) is -0.163. The molecule has 0 aliphatic heterocycles. The monoisotopic (exact) mass is 271 g/mol. The Morgan fingerprint density at radius 3 is 1.47 bits per heavy atom. The van der Waals surface area contributed by atoms with Crippen LogP contribution < -0.4 is 5.73 Å². The first kappa shape index (κ1) is 18.4. The van der Waals surface area contributed by atoms with E-state index in [1.165, 1.54) is 0 Å². The van der Waals surface area contributed by atoms with Crippen LogP contribution in [0.2, 0.25) is 0 Å². The zero-order valence-corrected chi connectivity index (χ0v) is 10.6. The van der Waals surface area contributed by atoms with Crippen LogP contribution in [-0.4, -0.2) is 43.6 Å². The van der Waals surface area contributed by atoms with Gasteiger partial charge in [0.25, 0.3) is 0 Å². The first-order valence-electron chi connectivity index (χ1n) is 4.77. The summed E-state index contributed by atoms with van der Waals surface area (Å²) in [7, 11) is -3.95. The highest BCUT2D eigenvalue weighted by Crippen LogP contribution is 2.39. The van der Waals surface area contributed by atoms with Gasteiger partial charge in [0.2, 0.25) is 0 Å². The van der Waals surface area contributed by atoms with Gasteiger partial charge in [-0.3, -0.25) is 4.57 Å². The fraction of sp³-hybridized carbons (Fsp3) is 0.750. The van der Waals surface area contributed by atoms with E-state index < -0.39 is 25.1 Å². The van der Waals surface area contributed by atoms with Crippen LogP contribution >= 0.6 is 7.60 Å². The van der Waals surface area contributed by atoms with E-state index in [9.17, 15) is 4.57 Å². The number of hydrogen-bond acceptors (Lipinski definition) is 4. The minimum absolute atomic E-state index is 0.215. The molecule has 0 rings (SSSR count).